The van der Waals surface area contributed by atoms with Crippen molar-refractivity contribution < 1.29 is 22.6 Å². The lowest BCUT2D eigenvalue weighted by Gasteiger charge is -2.14. The summed E-state index contributed by atoms with van der Waals surface area (Å²) in [6, 6.07) is 8.13. The Labute approximate surface area is 142 Å². The molecule has 0 aliphatic carbocycles. The molecule has 2 rings (SSSR count). The van der Waals surface area contributed by atoms with Crippen LogP contribution < -0.4 is 18.9 Å². The van der Waals surface area contributed by atoms with Gasteiger partial charge < -0.3 is 14.2 Å². The molecular weight excluding hydrogens is 330 g/mol. The zero-order chi connectivity index (χ0) is 17.9. The van der Waals surface area contributed by atoms with Gasteiger partial charge in [0.2, 0.25) is 0 Å². The highest BCUT2D eigenvalue weighted by Gasteiger charge is 2.19. The molecule has 2 aromatic rings. The Morgan fingerprint density at radius 3 is 2.00 bits per heavy atom. The second-order valence-electron chi connectivity index (χ2n) is 5.26. The third kappa shape index (κ3) is 3.56. The average molecular weight is 351 g/mol. The molecule has 1 N–H and O–H groups in total. The molecule has 7 heteroatoms. The summed E-state index contributed by atoms with van der Waals surface area (Å²) in [5.74, 6) is 1.62. The molecule has 0 radical (unpaired) electrons. The Bertz CT molecular complexity index is 846. The number of ether oxygens (including phenoxy) is 3. The van der Waals surface area contributed by atoms with Gasteiger partial charge in [-0.2, -0.15) is 0 Å². The van der Waals surface area contributed by atoms with E-state index in [9.17, 15) is 8.42 Å². The number of methoxy groups -OCH3 is 3. The number of aryl methyl sites for hydroxylation is 2. The predicted octanol–water partition coefficient (Wildman–Crippen LogP) is 3.13. The molecule has 0 aromatic heterocycles. The van der Waals surface area contributed by atoms with E-state index in [-0.39, 0.29) is 4.90 Å². The first-order valence-electron chi connectivity index (χ1n) is 7.22. The topological polar surface area (TPSA) is 73.9 Å². The maximum atomic E-state index is 12.7. The fraction of sp³-hybridized carbons (Fsp3) is 0.294. The van der Waals surface area contributed by atoms with Crippen LogP contribution in [0.5, 0.6) is 17.2 Å². The molecule has 0 atom stereocenters. The highest BCUT2D eigenvalue weighted by Crippen LogP contribution is 2.32. The first-order valence-corrected chi connectivity index (χ1v) is 8.70. The summed E-state index contributed by atoms with van der Waals surface area (Å²) in [7, 11) is 0.828. The van der Waals surface area contributed by atoms with Gasteiger partial charge in [0.05, 0.1) is 31.9 Å². The van der Waals surface area contributed by atoms with Crippen LogP contribution in [0.2, 0.25) is 0 Å². The Morgan fingerprint density at radius 2 is 1.42 bits per heavy atom. The number of anilines is 1. The molecule has 0 amide bonds. The smallest absolute Gasteiger partial charge is 0.262 e. The lowest BCUT2D eigenvalue weighted by atomic mass is 10.1. The fourth-order valence-electron chi connectivity index (χ4n) is 2.38. The van der Waals surface area contributed by atoms with Gasteiger partial charge in [0.1, 0.15) is 5.75 Å². The summed E-state index contributed by atoms with van der Waals surface area (Å²) in [6.07, 6.45) is 0. The van der Waals surface area contributed by atoms with E-state index in [1.54, 1.807) is 51.3 Å². The standard InChI is InChI=1S/C17H21NO5S/c1-11-9-17(12(2)8-15(11)22-4)24(19,20)18-13-6-7-14(21-3)16(10-13)23-5/h6-10,18H,1-5H3. The van der Waals surface area contributed by atoms with Gasteiger partial charge in [-0.05, 0) is 49.2 Å². The molecule has 0 spiro atoms. The summed E-state index contributed by atoms with van der Waals surface area (Å²) >= 11 is 0. The Kier molecular flexibility index (Phi) is 5.23. The first-order chi connectivity index (χ1) is 11.3. The summed E-state index contributed by atoms with van der Waals surface area (Å²) in [5, 5.41) is 0. The zero-order valence-electron chi connectivity index (χ0n) is 14.3. The zero-order valence-corrected chi connectivity index (χ0v) is 15.2. The van der Waals surface area contributed by atoms with E-state index in [1.807, 2.05) is 0 Å². The van der Waals surface area contributed by atoms with Crippen molar-refractivity contribution in [2.45, 2.75) is 18.7 Å². The Hall–Kier alpha value is -2.41. The molecule has 0 aliphatic heterocycles. The minimum absolute atomic E-state index is 0.204. The molecule has 0 aliphatic rings. The molecule has 0 heterocycles. The lowest BCUT2D eigenvalue weighted by Crippen LogP contribution is -2.15. The largest absolute Gasteiger partial charge is 0.496 e. The number of hydrogen-bond acceptors (Lipinski definition) is 5. The van der Waals surface area contributed by atoms with E-state index in [2.05, 4.69) is 4.72 Å². The molecule has 0 saturated carbocycles. The normalized spacial score (nSPS) is 11.0. The maximum Gasteiger partial charge on any atom is 0.262 e. The molecule has 0 bridgehead atoms. The summed E-state index contributed by atoms with van der Waals surface area (Å²) < 4.78 is 43.5. The van der Waals surface area contributed by atoms with Crippen LogP contribution in [0.3, 0.4) is 0 Å². The van der Waals surface area contributed by atoms with Crippen molar-refractivity contribution in [3.05, 3.63) is 41.5 Å². The number of hydrogen-bond donors (Lipinski definition) is 1. The van der Waals surface area contributed by atoms with Crippen molar-refractivity contribution in [2.75, 3.05) is 26.1 Å². The van der Waals surface area contributed by atoms with Crippen LogP contribution in [-0.2, 0) is 10.0 Å². The van der Waals surface area contributed by atoms with E-state index in [1.165, 1.54) is 14.2 Å². The van der Waals surface area contributed by atoms with Crippen molar-refractivity contribution >= 4 is 15.7 Å². The van der Waals surface area contributed by atoms with Gasteiger partial charge in [-0.15, -0.1) is 0 Å². The third-order valence-corrected chi connectivity index (χ3v) is 5.14. The summed E-state index contributed by atoms with van der Waals surface area (Å²) in [4.78, 5) is 0.204. The van der Waals surface area contributed by atoms with Crippen LogP contribution in [0.25, 0.3) is 0 Å². The molecule has 0 fully saturated rings. The van der Waals surface area contributed by atoms with Crippen LogP contribution >= 0.6 is 0 Å². The first kappa shape index (κ1) is 17.9. The minimum Gasteiger partial charge on any atom is -0.496 e. The molecule has 0 saturated heterocycles. The lowest BCUT2D eigenvalue weighted by molar-refractivity contribution is 0.355. The van der Waals surface area contributed by atoms with Crippen molar-refractivity contribution in [1.82, 2.24) is 0 Å². The van der Waals surface area contributed by atoms with E-state index in [0.717, 1.165) is 5.56 Å². The van der Waals surface area contributed by atoms with E-state index in [0.29, 0.717) is 28.5 Å². The van der Waals surface area contributed by atoms with Crippen molar-refractivity contribution in [3.8, 4) is 17.2 Å². The predicted molar refractivity (Wildman–Crippen MR) is 92.8 cm³/mol. The van der Waals surface area contributed by atoms with Crippen LogP contribution in [-0.4, -0.2) is 29.7 Å². The molecule has 0 unspecified atom stereocenters. The minimum atomic E-state index is -3.74. The van der Waals surface area contributed by atoms with Crippen molar-refractivity contribution in [3.63, 3.8) is 0 Å². The second-order valence-corrected chi connectivity index (χ2v) is 6.91. The number of rotatable bonds is 6. The van der Waals surface area contributed by atoms with Gasteiger partial charge in [0.15, 0.2) is 11.5 Å². The van der Waals surface area contributed by atoms with Crippen molar-refractivity contribution in [2.24, 2.45) is 0 Å². The number of sulfonamides is 1. The summed E-state index contributed by atoms with van der Waals surface area (Å²) in [6.45, 7) is 3.53. The Balaban J connectivity index is 2.40. The van der Waals surface area contributed by atoms with Gasteiger partial charge in [-0.25, -0.2) is 8.42 Å². The molecule has 2 aromatic carbocycles. The van der Waals surface area contributed by atoms with Crippen molar-refractivity contribution in [1.29, 1.82) is 0 Å². The van der Waals surface area contributed by atoms with E-state index in [4.69, 9.17) is 14.2 Å². The fourth-order valence-corrected chi connectivity index (χ4v) is 3.74. The quantitative estimate of drug-likeness (QED) is 0.865. The maximum absolute atomic E-state index is 12.7. The highest BCUT2D eigenvalue weighted by atomic mass is 32.2. The van der Waals surface area contributed by atoms with Gasteiger partial charge in [0, 0.05) is 6.07 Å². The number of benzene rings is 2. The monoisotopic (exact) mass is 351 g/mol. The molecular formula is C17H21NO5S. The summed E-state index contributed by atoms with van der Waals surface area (Å²) in [5.41, 5.74) is 1.74. The van der Waals surface area contributed by atoms with Crippen LogP contribution in [0.4, 0.5) is 5.69 Å². The van der Waals surface area contributed by atoms with Gasteiger partial charge in [-0.3, -0.25) is 4.72 Å². The van der Waals surface area contributed by atoms with Gasteiger partial charge in [0.25, 0.3) is 10.0 Å². The van der Waals surface area contributed by atoms with Crippen LogP contribution in [0, 0.1) is 13.8 Å². The Morgan fingerprint density at radius 1 is 0.792 bits per heavy atom. The average Bonchev–Trinajstić information content (AvgIpc) is 2.55. The van der Waals surface area contributed by atoms with Crippen LogP contribution in [0.1, 0.15) is 11.1 Å². The molecule has 6 nitrogen and oxygen atoms in total. The van der Waals surface area contributed by atoms with E-state index < -0.39 is 10.0 Å². The van der Waals surface area contributed by atoms with Gasteiger partial charge in [-0.1, -0.05) is 0 Å². The SMILES string of the molecule is COc1cc(C)c(S(=O)(=O)Nc2ccc(OC)c(OC)c2)cc1C. The second kappa shape index (κ2) is 7.00. The molecule has 24 heavy (non-hydrogen) atoms. The van der Waals surface area contributed by atoms with Gasteiger partial charge >= 0.3 is 0 Å². The van der Waals surface area contributed by atoms with E-state index >= 15 is 0 Å². The van der Waals surface area contributed by atoms with Crippen LogP contribution in [0.15, 0.2) is 35.2 Å². The molecule has 130 valence electrons. The highest BCUT2D eigenvalue weighted by molar-refractivity contribution is 7.92. The number of nitrogens with one attached hydrogen (secondary N) is 1. The third-order valence-electron chi connectivity index (χ3n) is 3.62.